The van der Waals surface area contributed by atoms with Crippen LogP contribution in [-0.4, -0.2) is 5.97 Å². The van der Waals surface area contributed by atoms with E-state index in [9.17, 15) is 9.32 Å². The van der Waals surface area contributed by atoms with Crippen molar-refractivity contribution in [1.29, 1.82) is 0 Å². The molecule has 2 nitrogen and oxygen atoms in total. The van der Waals surface area contributed by atoms with Crippen molar-refractivity contribution >= 4 is 5.97 Å². The van der Waals surface area contributed by atoms with Gasteiger partial charge in [-0.25, -0.2) is 4.79 Å². The zero-order chi connectivity index (χ0) is 20.4. The molecule has 0 aliphatic heterocycles. The summed E-state index contributed by atoms with van der Waals surface area (Å²) in [4.78, 5) is 14.4. The zero-order valence-corrected chi connectivity index (χ0v) is 18.8. The lowest BCUT2D eigenvalue weighted by molar-refractivity contribution is -0.183. The van der Waals surface area contributed by atoms with Crippen molar-refractivity contribution in [2.45, 2.75) is 111 Å². The van der Waals surface area contributed by atoms with E-state index in [1.165, 1.54) is 64.2 Å². The average molecular weight is 395 g/mol. The molecule has 0 amide bonds. The fraction of sp³-hybridized carbons (Fsp3) is 0.960. The fourth-order valence-corrected chi connectivity index (χ4v) is 8.41. The minimum Gasteiger partial charge on any atom is -0.255 e. The molecule has 0 spiro atoms. The minimum atomic E-state index is -0.697. The highest BCUT2D eigenvalue weighted by atomic mass is 19.3. The van der Waals surface area contributed by atoms with Gasteiger partial charge in [-0.3, -0.25) is 4.94 Å². The summed E-state index contributed by atoms with van der Waals surface area (Å²) < 4.78 is 11.9. The third kappa shape index (κ3) is 3.76. The van der Waals surface area contributed by atoms with Gasteiger partial charge in [-0.2, -0.15) is 0 Å². The van der Waals surface area contributed by atoms with Crippen LogP contribution in [0, 0.1) is 40.4 Å². The molecule has 0 aromatic heterocycles. The molecule has 4 saturated carbocycles. The molecule has 7 atom stereocenters. The van der Waals surface area contributed by atoms with Gasteiger partial charge in [0.15, 0.2) is 0 Å². The summed E-state index contributed by atoms with van der Waals surface area (Å²) in [6.07, 6.45) is 16.4. The first-order valence-electron chi connectivity index (χ1n) is 12.3. The lowest BCUT2D eigenvalue weighted by Gasteiger charge is -2.60. The Kier molecular flexibility index (Phi) is 7.14. The van der Waals surface area contributed by atoms with Crippen LogP contribution in [0.25, 0.3) is 0 Å². The van der Waals surface area contributed by atoms with E-state index in [0.717, 1.165) is 42.4 Å². The van der Waals surface area contributed by atoms with Crippen molar-refractivity contribution in [1.82, 2.24) is 0 Å². The van der Waals surface area contributed by atoms with Crippen LogP contribution in [0.1, 0.15) is 111 Å². The van der Waals surface area contributed by atoms with Crippen molar-refractivity contribution in [3.05, 3.63) is 0 Å². The van der Waals surface area contributed by atoms with E-state index in [0.29, 0.717) is 10.8 Å². The SMILES string of the molecule is CC.CC12CCCCC1CCC1C2CCC2(C)C(CCCC(=O)OF)CCC12. The second-order valence-corrected chi connectivity index (χ2v) is 10.6. The number of hydrogen-bond acceptors (Lipinski definition) is 2. The average Bonchev–Trinajstić information content (AvgIpc) is 3.05. The zero-order valence-electron chi connectivity index (χ0n) is 18.8. The molecule has 0 bridgehead atoms. The number of halogens is 1. The summed E-state index contributed by atoms with van der Waals surface area (Å²) in [5.41, 5.74) is 1.07. The highest BCUT2D eigenvalue weighted by Crippen LogP contribution is 2.67. The minimum absolute atomic E-state index is 0.236. The molecule has 0 heterocycles. The lowest BCUT2D eigenvalue weighted by atomic mass is 9.45. The lowest BCUT2D eigenvalue weighted by Crippen LogP contribution is -2.52. The second-order valence-electron chi connectivity index (χ2n) is 10.6. The predicted octanol–water partition coefficient (Wildman–Crippen LogP) is 7.66. The molecule has 4 fully saturated rings. The molecule has 0 radical (unpaired) electrons. The Labute approximate surface area is 172 Å². The quantitative estimate of drug-likeness (QED) is 0.489. The number of fused-ring (bicyclic) bond motifs is 5. The van der Waals surface area contributed by atoms with E-state index in [-0.39, 0.29) is 6.42 Å². The van der Waals surface area contributed by atoms with E-state index in [2.05, 4.69) is 18.8 Å². The van der Waals surface area contributed by atoms with Crippen molar-refractivity contribution < 1.29 is 14.3 Å². The Bertz CT molecular complexity index is 535. The smallest absolute Gasteiger partial charge is 0.255 e. The van der Waals surface area contributed by atoms with Gasteiger partial charge in [-0.15, -0.1) is 0 Å². The molecule has 4 aliphatic rings. The third-order valence-corrected chi connectivity index (χ3v) is 9.80. The molecule has 162 valence electrons. The van der Waals surface area contributed by atoms with E-state index >= 15 is 0 Å². The predicted molar refractivity (Wildman–Crippen MR) is 112 cm³/mol. The molecule has 7 unspecified atom stereocenters. The number of hydrogen-bond donors (Lipinski definition) is 0. The van der Waals surface area contributed by atoms with Crippen LogP contribution in [0.4, 0.5) is 4.53 Å². The van der Waals surface area contributed by atoms with Crippen molar-refractivity contribution in [2.75, 3.05) is 0 Å². The van der Waals surface area contributed by atoms with Gasteiger partial charge >= 0.3 is 5.97 Å². The number of carbonyl (C=O) groups is 1. The highest BCUT2D eigenvalue weighted by Gasteiger charge is 2.59. The van der Waals surface area contributed by atoms with Crippen LogP contribution in [0.15, 0.2) is 0 Å². The Balaban J connectivity index is 0.00000109. The fourth-order valence-electron chi connectivity index (χ4n) is 8.41. The van der Waals surface area contributed by atoms with E-state index in [4.69, 9.17) is 0 Å². The molecule has 0 aromatic rings. The maximum Gasteiger partial charge on any atom is 0.348 e. The largest absolute Gasteiger partial charge is 0.348 e. The number of rotatable bonds is 4. The molecule has 4 rings (SSSR count). The van der Waals surface area contributed by atoms with Gasteiger partial charge in [0, 0.05) is 10.9 Å². The van der Waals surface area contributed by atoms with Crippen LogP contribution in [0.5, 0.6) is 0 Å². The molecule has 0 saturated heterocycles. The third-order valence-electron chi connectivity index (χ3n) is 9.80. The Morgan fingerprint density at radius 2 is 1.68 bits per heavy atom. The van der Waals surface area contributed by atoms with E-state index in [1.54, 1.807) is 0 Å². The van der Waals surface area contributed by atoms with Crippen LogP contribution in [0.2, 0.25) is 0 Å². The monoisotopic (exact) mass is 394 g/mol. The molecule has 3 heteroatoms. The molecule has 0 N–H and O–H groups in total. The Morgan fingerprint density at radius 3 is 2.43 bits per heavy atom. The second kappa shape index (κ2) is 9.04. The first kappa shape index (κ1) is 22.1. The van der Waals surface area contributed by atoms with E-state index < -0.39 is 5.97 Å². The van der Waals surface area contributed by atoms with Crippen molar-refractivity contribution in [2.24, 2.45) is 40.4 Å². The summed E-state index contributed by atoms with van der Waals surface area (Å²) in [5, 5.41) is 0. The Morgan fingerprint density at radius 1 is 0.929 bits per heavy atom. The van der Waals surface area contributed by atoms with Crippen LogP contribution >= 0.6 is 0 Å². The summed E-state index contributed by atoms with van der Waals surface area (Å²) in [6, 6.07) is 0. The van der Waals surface area contributed by atoms with Gasteiger partial charge in [-0.1, -0.05) is 40.5 Å². The first-order chi connectivity index (χ1) is 13.5. The maximum atomic E-state index is 11.9. The van der Waals surface area contributed by atoms with Crippen LogP contribution < -0.4 is 0 Å². The molecule has 0 aromatic carbocycles. The standard InChI is InChI=1S/C23H37FO2.C2H6/c1-22-14-4-3-6-16(22)9-11-18-19-12-10-17(7-5-8-21(25)26-24)23(19,2)15-13-20(18)22;1-2/h16-20H,3-15H2,1-2H3;1-2H3. The van der Waals surface area contributed by atoms with Crippen molar-refractivity contribution in [3.8, 4) is 0 Å². The highest BCUT2D eigenvalue weighted by molar-refractivity contribution is 5.68. The van der Waals surface area contributed by atoms with E-state index in [1.807, 2.05) is 13.8 Å². The summed E-state index contributed by atoms with van der Waals surface area (Å²) >= 11 is 0. The van der Waals surface area contributed by atoms with Gasteiger partial charge in [0.25, 0.3) is 0 Å². The Hall–Kier alpha value is -0.600. The molecule has 28 heavy (non-hydrogen) atoms. The molecular weight excluding hydrogens is 351 g/mol. The van der Waals surface area contributed by atoms with Gasteiger partial charge in [0.1, 0.15) is 0 Å². The molecular formula is C25H43FO2. The van der Waals surface area contributed by atoms with Gasteiger partial charge in [-0.05, 0) is 105 Å². The van der Waals surface area contributed by atoms with Crippen LogP contribution in [0.3, 0.4) is 0 Å². The van der Waals surface area contributed by atoms with Gasteiger partial charge in [0.05, 0.1) is 0 Å². The summed E-state index contributed by atoms with van der Waals surface area (Å²) in [7, 11) is 0. The van der Waals surface area contributed by atoms with Gasteiger partial charge in [0.2, 0.25) is 0 Å². The van der Waals surface area contributed by atoms with Crippen LogP contribution in [-0.2, 0) is 9.74 Å². The maximum absolute atomic E-state index is 11.9. The normalized spacial score (nSPS) is 44.4. The number of carbonyl (C=O) groups excluding carboxylic acids is 1. The molecule has 4 aliphatic carbocycles. The van der Waals surface area contributed by atoms with Crippen molar-refractivity contribution in [3.63, 3.8) is 0 Å². The van der Waals surface area contributed by atoms with Gasteiger partial charge < -0.3 is 0 Å². The summed E-state index contributed by atoms with van der Waals surface area (Å²) in [6.45, 7) is 9.19. The first-order valence-corrected chi connectivity index (χ1v) is 12.3. The summed E-state index contributed by atoms with van der Waals surface area (Å²) in [5.74, 6) is 3.80. The topological polar surface area (TPSA) is 26.3 Å².